The first-order valence-electron chi connectivity index (χ1n) is 10.6. The fraction of sp³-hybridized carbons (Fsp3) is 0.619. The van der Waals surface area contributed by atoms with Gasteiger partial charge in [0.1, 0.15) is 5.82 Å². The Morgan fingerprint density at radius 3 is 2.64 bits per heavy atom. The SMILES string of the molecule is O=C(NC1CCC1)c1nnc2n1CC1(CC2)CCN(Cc2ccncc2)CC1. The van der Waals surface area contributed by atoms with Crippen LogP contribution < -0.4 is 5.32 Å². The van der Waals surface area contributed by atoms with Gasteiger partial charge in [-0.15, -0.1) is 10.2 Å². The molecule has 148 valence electrons. The molecular formula is C21H28N6O. The molecule has 1 amide bonds. The van der Waals surface area contributed by atoms with E-state index in [2.05, 4.69) is 42.1 Å². The van der Waals surface area contributed by atoms with Crippen LogP contribution in [0.1, 0.15) is 60.5 Å². The van der Waals surface area contributed by atoms with Gasteiger partial charge >= 0.3 is 0 Å². The number of pyridine rings is 1. The van der Waals surface area contributed by atoms with Gasteiger partial charge in [0.2, 0.25) is 5.82 Å². The normalized spacial score (nSPS) is 21.9. The lowest BCUT2D eigenvalue weighted by molar-refractivity contribution is 0.0615. The van der Waals surface area contributed by atoms with Crippen LogP contribution in [0, 0.1) is 5.41 Å². The largest absolute Gasteiger partial charge is 0.347 e. The topological polar surface area (TPSA) is 75.9 Å². The number of carbonyl (C=O) groups excluding carboxylic acids is 1. The minimum atomic E-state index is -0.0457. The van der Waals surface area contributed by atoms with Crippen molar-refractivity contribution in [2.45, 2.75) is 64.1 Å². The van der Waals surface area contributed by atoms with Crippen LogP contribution in [0.3, 0.4) is 0 Å². The molecule has 1 saturated carbocycles. The molecule has 1 N–H and O–H groups in total. The van der Waals surface area contributed by atoms with Crippen LogP contribution in [0.4, 0.5) is 0 Å². The van der Waals surface area contributed by atoms with Crippen molar-refractivity contribution in [3.05, 3.63) is 41.7 Å². The van der Waals surface area contributed by atoms with Gasteiger partial charge in [-0.3, -0.25) is 14.7 Å². The van der Waals surface area contributed by atoms with Crippen LogP contribution in [0.2, 0.25) is 0 Å². The van der Waals surface area contributed by atoms with Crippen molar-refractivity contribution in [1.29, 1.82) is 0 Å². The quantitative estimate of drug-likeness (QED) is 0.880. The third kappa shape index (κ3) is 3.43. The highest BCUT2D eigenvalue weighted by atomic mass is 16.2. The molecule has 1 aliphatic carbocycles. The molecule has 0 bridgehead atoms. The Bertz CT molecular complexity index is 836. The minimum absolute atomic E-state index is 0.0457. The predicted molar refractivity (Wildman–Crippen MR) is 105 cm³/mol. The maximum atomic E-state index is 12.7. The summed E-state index contributed by atoms with van der Waals surface area (Å²) in [5.74, 6) is 1.44. The number of aromatic nitrogens is 4. The number of nitrogens with zero attached hydrogens (tertiary/aromatic N) is 5. The fourth-order valence-corrected chi connectivity index (χ4v) is 4.79. The molecule has 0 aromatic carbocycles. The van der Waals surface area contributed by atoms with Crippen LogP contribution in [-0.2, 0) is 19.5 Å². The number of amides is 1. The Labute approximate surface area is 165 Å². The van der Waals surface area contributed by atoms with Gasteiger partial charge in [0, 0.05) is 37.9 Å². The van der Waals surface area contributed by atoms with E-state index in [-0.39, 0.29) is 11.3 Å². The second-order valence-corrected chi connectivity index (χ2v) is 8.76. The van der Waals surface area contributed by atoms with E-state index in [0.717, 1.165) is 57.7 Å². The van der Waals surface area contributed by atoms with E-state index in [0.29, 0.717) is 11.9 Å². The first kappa shape index (κ1) is 17.8. The Morgan fingerprint density at radius 2 is 1.93 bits per heavy atom. The Balaban J connectivity index is 1.24. The number of rotatable bonds is 4. The Hall–Kier alpha value is -2.28. The number of hydrogen-bond donors (Lipinski definition) is 1. The van der Waals surface area contributed by atoms with E-state index in [1.165, 1.54) is 24.8 Å². The van der Waals surface area contributed by atoms with Crippen molar-refractivity contribution in [3.8, 4) is 0 Å². The highest BCUT2D eigenvalue weighted by Gasteiger charge is 2.40. The van der Waals surface area contributed by atoms with Gasteiger partial charge < -0.3 is 9.88 Å². The standard InChI is InChI=1S/C21H28N6O/c28-20(23-17-2-1-3-17)19-25-24-18-4-7-21(15-27(18)19)8-12-26(13-9-21)14-16-5-10-22-11-6-16/h5-6,10-11,17H,1-4,7-9,12-15H2,(H,23,28). The third-order valence-corrected chi connectivity index (χ3v) is 6.92. The highest BCUT2D eigenvalue weighted by Crippen LogP contribution is 2.41. The molecule has 28 heavy (non-hydrogen) atoms. The Morgan fingerprint density at radius 1 is 1.14 bits per heavy atom. The average Bonchev–Trinajstić information content (AvgIpc) is 3.10. The van der Waals surface area contributed by atoms with Crippen molar-refractivity contribution in [1.82, 2.24) is 30.0 Å². The maximum absolute atomic E-state index is 12.7. The highest BCUT2D eigenvalue weighted by molar-refractivity contribution is 5.91. The van der Waals surface area contributed by atoms with Gasteiger partial charge in [-0.2, -0.15) is 0 Å². The van der Waals surface area contributed by atoms with Gasteiger partial charge in [-0.1, -0.05) is 0 Å². The van der Waals surface area contributed by atoms with Crippen molar-refractivity contribution in [2.24, 2.45) is 5.41 Å². The zero-order chi connectivity index (χ0) is 19.0. The predicted octanol–water partition coefficient (Wildman–Crippen LogP) is 2.18. The summed E-state index contributed by atoms with van der Waals surface area (Å²) in [4.78, 5) is 19.3. The van der Waals surface area contributed by atoms with E-state index >= 15 is 0 Å². The second-order valence-electron chi connectivity index (χ2n) is 8.76. The van der Waals surface area contributed by atoms with Gasteiger partial charge in [-0.05, 0) is 74.7 Å². The third-order valence-electron chi connectivity index (χ3n) is 6.92. The molecule has 7 heteroatoms. The molecule has 2 aromatic heterocycles. The van der Waals surface area contributed by atoms with Crippen LogP contribution >= 0.6 is 0 Å². The molecule has 0 atom stereocenters. The van der Waals surface area contributed by atoms with Crippen molar-refractivity contribution in [2.75, 3.05) is 13.1 Å². The van der Waals surface area contributed by atoms with Crippen molar-refractivity contribution in [3.63, 3.8) is 0 Å². The fourth-order valence-electron chi connectivity index (χ4n) is 4.79. The van der Waals surface area contributed by atoms with E-state index in [9.17, 15) is 4.79 Å². The lowest BCUT2D eigenvalue weighted by Crippen LogP contribution is -2.45. The summed E-state index contributed by atoms with van der Waals surface area (Å²) in [6.07, 6.45) is 11.5. The number of nitrogens with one attached hydrogen (secondary N) is 1. The van der Waals surface area contributed by atoms with E-state index in [4.69, 9.17) is 0 Å². The number of carbonyl (C=O) groups is 1. The molecule has 3 aliphatic rings. The van der Waals surface area contributed by atoms with Crippen molar-refractivity contribution >= 4 is 5.91 Å². The number of piperidine rings is 1. The summed E-state index contributed by atoms with van der Waals surface area (Å²) in [5.41, 5.74) is 1.60. The van der Waals surface area contributed by atoms with Crippen LogP contribution in [-0.4, -0.2) is 49.7 Å². The maximum Gasteiger partial charge on any atom is 0.289 e. The van der Waals surface area contributed by atoms with Crippen LogP contribution in [0.25, 0.3) is 0 Å². The van der Waals surface area contributed by atoms with E-state index in [1.54, 1.807) is 0 Å². The second kappa shape index (κ2) is 7.28. The first-order valence-corrected chi connectivity index (χ1v) is 10.6. The smallest absolute Gasteiger partial charge is 0.289 e. The van der Waals surface area contributed by atoms with Gasteiger partial charge in [0.15, 0.2) is 0 Å². The van der Waals surface area contributed by atoms with Crippen LogP contribution in [0.5, 0.6) is 0 Å². The number of aryl methyl sites for hydroxylation is 1. The summed E-state index contributed by atoms with van der Waals surface area (Å²) in [7, 11) is 0. The lowest BCUT2D eigenvalue weighted by Gasteiger charge is -2.44. The van der Waals surface area contributed by atoms with Gasteiger partial charge in [0.05, 0.1) is 0 Å². The molecule has 7 nitrogen and oxygen atoms in total. The van der Waals surface area contributed by atoms with Crippen molar-refractivity contribution < 1.29 is 4.79 Å². The summed E-state index contributed by atoms with van der Waals surface area (Å²) in [6, 6.07) is 4.53. The monoisotopic (exact) mass is 380 g/mol. The summed E-state index contributed by atoms with van der Waals surface area (Å²) >= 11 is 0. The molecule has 4 heterocycles. The molecule has 2 aliphatic heterocycles. The summed E-state index contributed by atoms with van der Waals surface area (Å²) in [6.45, 7) is 4.07. The zero-order valence-electron chi connectivity index (χ0n) is 16.3. The number of fused-ring (bicyclic) bond motifs is 1. The minimum Gasteiger partial charge on any atom is -0.347 e. The molecule has 0 unspecified atom stereocenters. The van der Waals surface area contributed by atoms with Gasteiger partial charge in [-0.25, -0.2) is 0 Å². The molecule has 2 fully saturated rings. The van der Waals surface area contributed by atoms with E-state index in [1.807, 2.05) is 12.4 Å². The average molecular weight is 380 g/mol. The molecule has 0 radical (unpaired) electrons. The molecular weight excluding hydrogens is 352 g/mol. The number of likely N-dealkylation sites (tertiary alicyclic amines) is 1. The zero-order valence-corrected chi connectivity index (χ0v) is 16.3. The van der Waals surface area contributed by atoms with Crippen LogP contribution in [0.15, 0.2) is 24.5 Å². The lowest BCUT2D eigenvalue weighted by atomic mass is 9.73. The summed E-state index contributed by atoms with van der Waals surface area (Å²) in [5, 5.41) is 11.7. The molecule has 5 rings (SSSR count). The number of hydrogen-bond acceptors (Lipinski definition) is 5. The molecule has 1 spiro atoms. The molecule has 1 saturated heterocycles. The summed E-state index contributed by atoms with van der Waals surface area (Å²) < 4.78 is 2.11. The Kier molecular flexibility index (Phi) is 4.62. The first-order chi connectivity index (χ1) is 13.7. The van der Waals surface area contributed by atoms with E-state index < -0.39 is 0 Å². The molecule has 2 aromatic rings. The van der Waals surface area contributed by atoms with Gasteiger partial charge in [0.25, 0.3) is 5.91 Å².